The highest BCUT2D eigenvalue weighted by atomic mass is 79.9. The molecule has 0 unspecified atom stereocenters. The zero-order chi connectivity index (χ0) is 10.3. The molecule has 0 saturated carbocycles. The predicted molar refractivity (Wildman–Crippen MR) is 66.2 cm³/mol. The molecule has 1 aromatic carbocycles. The third-order valence-corrected chi connectivity index (χ3v) is 3.60. The number of halogens is 1. The highest BCUT2D eigenvalue weighted by Gasteiger charge is 2.18. The summed E-state index contributed by atoms with van der Waals surface area (Å²) in [6.07, 6.45) is 1.24. The molecule has 1 aliphatic rings. The van der Waals surface area contributed by atoms with Gasteiger partial charge < -0.3 is 10.3 Å². The van der Waals surface area contributed by atoms with Crippen molar-refractivity contribution in [1.82, 2.24) is 10.3 Å². The summed E-state index contributed by atoms with van der Waals surface area (Å²) in [4.78, 5) is 3.50. The zero-order valence-electron chi connectivity index (χ0n) is 8.39. The van der Waals surface area contributed by atoms with E-state index in [0.717, 1.165) is 17.6 Å². The van der Waals surface area contributed by atoms with Gasteiger partial charge in [0, 0.05) is 33.5 Å². The van der Waals surface area contributed by atoms with E-state index in [9.17, 15) is 0 Å². The normalized spacial score (nSPS) is 21.3. The lowest BCUT2D eigenvalue weighted by Crippen LogP contribution is -2.07. The van der Waals surface area contributed by atoms with E-state index in [0.29, 0.717) is 5.92 Å². The number of benzene rings is 1. The van der Waals surface area contributed by atoms with Gasteiger partial charge in [0.25, 0.3) is 0 Å². The van der Waals surface area contributed by atoms with Gasteiger partial charge >= 0.3 is 0 Å². The third kappa shape index (κ3) is 1.70. The van der Waals surface area contributed by atoms with Crippen LogP contribution in [-0.4, -0.2) is 18.1 Å². The van der Waals surface area contributed by atoms with Crippen molar-refractivity contribution < 1.29 is 0 Å². The maximum atomic E-state index is 3.50. The Bertz CT molecular complexity index is 483. The molecular formula is C12H13BrN2. The van der Waals surface area contributed by atoms with Gasteiger partial charge in [0.05, 0.1) is 0 Å². The standard InChI is InChI=1S/C12H13BrN2/c13-10-1-2-11-9(5-10)6-12(15-11)8-3-4-14-7-8/h1-2,5-6,8,14-15H,3-4,7H2/t8-/m1/s1. The molecule has 2 heterocycles. The van der Waals surface area contributed by atoms with Crippen molar-refractivity contribution in [2.75, 3.05) is 13.1 Å². The van der Waals surface area contributed by atoms with Gasteiger partial charge in [-0.25, -0.2) is 0 Å². The molecule has 1 aliphatic heterocycles. The lowest BCUT2D eigenvalue weighted by atomic mass is 10.1. The number of rotatable bonds is 1. The van der Waals surface area contributed by atoms with Crippen LogP contribution in [0.1, 0.15) is 18.0 Å². The Morgan fingerprint density at radius 1 is 1.27 bits per heavy atom. The van der Waals surface area contributed by atoms with Gasteiger partial charge in [-0.15, -0.1) is 0 Å². The largest absolute Gasteiger partial charge is 0.358 e. The van der Waals surface area contributed by atoms with Crippen molar-refractivity contribution in [3.8, 4) is 0 Å². The molecule has 78 valence electrons. The molecule has 3 heteroatoms. The van der Waals surface area contributed by atoms with Crippen LogP contribution in [0.4, 0.5) is 0 Å². The second-order valence-electron chi connectivity index (χ2n) is 4.15. The SMILES string of the molecule is Brc1ccc2[nH]c([C@@H]3CCNC3)cc2c1. The van der Waals surface area contributed by atoms with Gasteiger partial charge in [-0.1, -0.05) is 15.9 Å². The minimum absolute atomic E-state index is 0.663. The van der Waals surface area contributed by atoms with Crippen molar-refractivity contribution >= 4 is 26.8 Å². The Hall–Kier alpha value is -0.800. The van der Waals surface area contributed by atoms with Crippen LogP contribution >= 0.6 is 15.9 Å². The summed E-state index contributed by atoms with van der Waals surface area (Å²) in [5.74, 6) is 0.663. The fourth-order valence-electron chi connectivity index (χ4n) is 2.27. The van der Waals surface area contributed by atoms with Crippen LogP contribution in [-0.2, 0) is 0 Å². The number of nitrogens with one attached hydrogen (secondary N) is 2. The quantitative estimate of drug-likeness (QED) is 0.815. The maximum absolute atomic E-state index is 3.50. The second-order valence-corrected chi connectivity index (χ2v) is 5.06. The Morgan fingerprint density at radius 3 is 3.00 bits per heavy atom. The van der Waals surface area contributed by atoms with E-state index in [-0.39, 0.29) is 0 Å². The molecule has 15 heavy (non-hydrogen) atoms. The maximum Gasteiger partial charge on any atom is 0.0456 e. The molecule has 2 N–H and O–H groups in total. The predicted octanol–water partition coefficient (Wildman–Crippen LogP) is 3.01. The zero-order valence-corrected chi connectivity index (χ0v) is 9.97. The topological polar surface area (TPSA) is 27.8 Å². The van der Waals surface area contributed by atoms with E-state index < -0.39 is 0 Å². The fraction of sp³-hybridized carbons (Fsp3) is 0.333. The summed E-state index contributed by atoms with van der Waals surface area (Å²) >= 11 is 3.50. The lowest BCUT2D eigenvalue weighted by Gasteiger charge is -2.03. The summed E-state index contributed by atoms with van der Waals surface area (Å²) in [7, 11) is 0. The van der Waals surface area contributed by atoms with Crippen LogP contribution in [0.2, 0.25) is 0 Å². The number of hydrogen-bond donors (Lipinski definition) is 2. The summed E-state index contributed by atoms with van der Waals surface area (Å²) in [5.41, 5.74) is 2.60. The van der Waals surface area contributed by atoms with E-state index in [1.54, 1.807) is 0 Å². The molecule has 1 fully saturated rings. The van der Waals surface area contributed by atoms with E-state index in [2.05, 4.69) is 50.5 Å². The Morgan fingerprint density at radius 2 is 2.20 bits per heavy atom. The van der Waals surface area contributed by atoms with Crippen LogP contribution in [0.15, 0.2) is 28.7 Å². The van der Waals surface area contributed by atoms with Crippen molar-refractivity contribution in [2.45, 2.75) is 12.3 Å². The van der Waals surface area contributed by atoms with Crippen molar-refractivity contribution in [3.63, 3.8) is 0 Å². The van der Waals surface area contributed by atoms with Gasteiger partial charge in [-0.3, -0.25) is 0 Å². The molecule has 0 amide bonds. The first-order valence-electron chi connectivity index (χ1n) is 5.32. The molecule has 1 saturated heterocycles. The molecule has 2 aromatic rings. The molecule has 2 nitrogen and oxygen atoms in total. The molecule has 0 radical (unpaired) electrons. The highest BCUT2D eigenvalue weighted by Crippen LogP contribution is 2.27. The van der Waals surface area contributed by atoms with Crippen molar-refractivity contribution in [1.29, 1.82) is 0 Å². The Kier molecular flexibility index (Phi) is 2.29. The minimum atomic E-state index is 0.663. The molecule has 0 aliphatic carbocycles. The first kappa shape index (κ1) is 9.43. The van der Waals surface area contributed by atoms with Crippen LogP contribution in [0.5, 0.6) is 0 Å². The van der Waals surface area contributed by atoms with Gasteiger partial charge in [0.2, 0.25) is 0 Å². The monoisotopic (exact) mass is 264 g/mol. The first-order chi connectivity index (χ1) is 7.33. The van der Waals surface area contributed by atoms with Crippen LogP contribution in [0.25, 0.3) is 10.9 Å². The van der Waals surface area contributed by atoms with Crippen molar-refractivity contribution in [2.24, 2.45) is 0 Å². The van der Waals surface area contributed by atoms with Crippen LogP contribution < -0.4 is 5.32 Å². The van der Waals surface area contributed by atoms with Gasteiger partial charge in [-0.05, 0) is 37.2 Å². The summed E-state index contributed by atoms with van der Waals surface area (Å²) < 4.78 is 1.14. The van der Waals surface area contributed by atoms with Crippen LogP contribution in [0, 0.1) is 0 Å². The lowest BCUT2D eigenvalue weighted by molar-refractivity contribution is 0.743. The van der Waals surface area contributed by atoms with Crippen LogP contribution in [0.3, 0.4) is 0 Å². The highest BCUT2D eigenvalue weighted by molar-refractivity contribution is 9.10. The Labute approximate surface area is 97.2 Å². The number of aromatic nitrogens is 1. The molecule has 1 aromatic heterocycles. The van der Waals surface area contributed by atoms with Gasteiger partial charge in [0.1, 0.15) is 0 Å². The molecule has 1 atom stereocenters. The summed E-state index contributed by atoms with van der Waals surface area (Å²) in [5, 5.41) is 4.69. The van der Waals surface area contributed by atoms with E-state index in [1.807, 2.05) is 0 Å². The summed E-state index contributed by atoms with van der Waals surface area (Å²) in [6.45, 7) is 2.25. The average molecular weight is 265 g/mol. The van der Waals surface area contributed by atoms with Crippen molar-refractivity contribution in [3.05, 3.63) is 34.4 Å². The average Bonchev–Trinajstić information content (AvgIpc) is 2.84. The van der Waals surface area contributed by atoms with Gasteiger partial charge in [0.15, 0.2) is 0 Å². The number of hydrogen-bond acceptors (Lipinski definition) is 1. The first-order valence-corrected chi connectivity index (χ1v) is 6.11. The smallest absolute Gasteiger partial charge is 0.0456 e. The minimum Gasteiger partial charge on any atom is -0.358 e. The molecule has 0 spiro atoms. The molecular weight excluding hydrogens is 252 g/mol. The molecule has 3 rings (SSSR count). The number of aromatic amines is 1. The molecule has 0 bridgehead atoms. The van der Waals surface area contributed by atoms with E-state index >= 15 is 0 Å². The fourth-order valence-corrected chi connectivity index (χ4v) is 2.64. The number of fused-ring (bicyclic) bond motifs is 1. The second kappa shape index (κ2) is 3.65. The van der Waals surface area contributed by atoms with Gasteiger partial charge in [-0.2, -0.15) is 0 Å². The number of H-pyrrole nitrogens is 1. The van der Waals surface area contributed by atoms with E-state index in [4.69, 9.17) is 0 Å². The van der Waals surface area contributed by atoms with E-state index in [1.165, 1.54) is 23.0 Å². The Balaban J connectivity index is 2.05. The summed E-state index contributed by atoms with van der Waals surface area (Å²) in [6, 6.07) is 8.65. The third-order valence-electron chi connectivity index (χ3n) is 3.10.